The smallest absolute Gasteiger partial charge is 0.320 e. The van der Waals surface area contributed by atoms with Gasteiger partial charge >= 0.3 is 6.03 Å². The molecular weight excluding hydrogens is 280 g/mol. The van der Waals surface area contributed by atoms with E-state index in [9.17, 15) is 4.79 Å². The van der Waals surface area contributed by atoms with Crippen molar-refractivity contribution in [2.45, 2.75) is 33.2 Å². The van der Waals surface area contributed by atoms with E-state index in [4.69, 9.17) is 0 Å². The normalized spacial score (nSPS) is 11.1. The quantitative estimate of drug-likeness (QED) is 0.876. The number of rotatable bonds is 2. The van der Waals surface area contributed by atoms with Gasteiger partial charge in [0.05, 0.1) is 5.69 Å². The van der Waals surface area contributed by atoms with Crippen LogP contribution in [-0.4, -0.2) is 23.0 Å². The van der Waals surface area contributed by atoms with Gasteiger partial charge in [-0.3, -0.25) is 0 Å². The van der Waals surface area contributed by atoms with E-state index in [1.165, 1.54) is 0 Å². The van der Waals surface area contributed by atoms with Gasteiger partial charge in [0.25, 0.3) is 0 Å². The van der Waals surface area contributed by atoms with Crippen molar-refractivity contribution in [3.05, 3.63) is 28.7 Å². The predicted molar refractivity (Wildman–Crippen MR) is 75.3 cm³/mol. The van der Waals surface area contributed by atoms with E-state index in [1.807, 2.05) is 52.0 Å². The Bertz CT molecular complexity index is 399. The number of para-hydroxylation sites is 1. The molecule has 0 aromatic heterocycles. The summed E-state index contributed by atoms with van der Waals surface area (Å²) in [6, 6.07) is 7.52. The topological polar surface area (TPSA) is 32.3 Å². The molecule has 0 saturated carbocycles. The van der Waals surface area contributed by atoms with Crippen LogP contribution in [-0.2, 0) is 0 Å². The fourth-order valence-corrected chi connectivity index (χ4v) is 2.05. The van der Waals surface area contributed by atoms with Gasteiger partial charge in [-0.2, -0.15) is 0 Å². The van der Waals surface area contributed by atoms with Crippen molar-refractivity contribution < 1.29 is 4.79 Å². The molecule has 0 saturated heterocycles. The minimum absolute atomic E-state index is 0.0769. The number of amides is 2. The minimum Gasteiger partial charge on any atom is -0.320 e. The zero-order valence-electron chi connectivity index (χ0n) is 10.7. The lowest BCUT2D eigenvalue weighted by Gasteiger charge is -2.34. The third-order valence-electron chi connectivity index (χ3n) is 2.49. The van der Waals surface area contributed by atoms with Gasteiger partial charge in [0.1, 0.15) is 0 Å². The molecular formula is C13H19BrN2O. The number of hydrogen-bond donors (Lipinski definition) is 1. The molecule has 1 N–H and O–H groups in total. The molecule has 0 spiro atoms. The molecule has 0 radical (unpaired) electrons. The molecule has 0 aliphatic carbocycles. The Morgan fingerprint density at radius 3 is 2.41 bits per heavy atom. The maximum Gasteiger partial charge on any atom is 0.322 e. The summed E-state index contributed by atoms with van der Waals surface area (Å²) in [5, 5.41) is 2.91. The first kappa shape index (κ1) is 14.0. The molecule has 1 aromatic rings. The second-order valence-electron chi connectivity index (χ2n) is 4.83. The second kappa shape index (κ2) is 5.54. The summed E-state index contributed by atoms with van der Waals surface area (Å²) in [5.74, 6) is 0. The van der Waals surface area contributed by atoms with Crippen LogP contribution in [0.3, 0.4) is 0 Å². The molecule has 0 unspecified atom stereocenters. The molecule has 0 bridgehead atoms. The van der Waals surface area contributed by atoms with E-state index < -0.39 is 0 Å². The van der Waals surface area contributed by atoms with Crippen molar-refractivity contribution >= 4 is 27.6 Å². The van der Waals surface area contributed by atoms with E-state index >= 15 is 0 Å². The Morgan fingerprint density at radius 1 is 1.35 bits per heavy atom. The van der Waals surface area contributed by atoms with Crippen LogP contribution in [0.2, 0.25) is 0 Å². The highest BCUT2D eigenvalue weighted by molar-refractivity contribution is 9.10. The van der Waals surface area contributed by atoms with Crippen LogP contribution in [0.4, 0.5) is 10.5 Å². The number of anilines is 1. The standard InChI is InChI=1S/C13H19BrN2O/c1-5-16(13(2,3)4)12(17)15-11-9-7-6-8-10(11)14/h6-9H,5H2,1-4H3,(H,15,17). The van der Waals surface area contributed by atoms with E-state index in [0.29, 0.717) is 6.54 Å². The van der Waals surface area contributed by atoms with Gasteiger partial charge in [-0.05, 0) is 55.8 Å². The van der Waals surface area contributed by atoms with E-state index in [2.05, 4.69) is 21.2 Å². The number of nitrogens with zero attached hydrogens (tertiary/aromatic N) is 1. The number of carbonyl (C=O) groups is 1. The van der Waals surface area contributed by atoms with Crippen molar-refractivity contribution in [1.29, 1.82) is 0 Å². The van der Waals surface area contributed by atoms with Crippen LogP contribution in [0.5, 0.6) is 0 Å². The summed E-state index contributed by atoms with van der Waals surface area (Å²) < 4.78 is 0.887. The van der Waals surface area contributed by atoms with Crippen molar-refractivity contribution in [2.24, 2.45) is 0 Å². The molecule has 0 aliphatic rings. The van der Waals surface area contributed by atoms with Gasteiger partial charge < -0.3 is 10.2 Å². The lowest BCUT2D eigenvalue weighted by molar-refractivity contribution is 0.162. The average Bonchev–Trinajstić information content (AvgIpc) is 2.20. The number of hydrogen-bond acceptors (Lipinski definition) is 1. The summed E-state index contributed by atoms with van der Waals surface area (Å²) in [7, 11) is 0. The lowest BCUT2D eigenvalue weighted by Crippen LogP contribution is -2.47. The van der Waals surface area contributed by atoms with Gasteiger partial charge in [-0.25, -0.2) is 4.79 Å². The second-order valence-corrected chi connectivity index (χ2v) is 5.68. The number of nitrogens with one attached hydrogen (secondary N) is 1. The van der Waals surface area contributed by atoms with Crippen LogP contribution >= 0.6 is 15.9 Å². The number of halogens is 1. The third kappa shape index (κ3) is 3.73. The van der Waals surface area contributed by atoms with Crippen LogP contribution < -0.4 is 5.32 Å². The summed E-state index contributed by atoms with van der Waals surface area (Å²) >= 11 is 3.41. The SMILES string of the molecule is CCN(C(=O)Nc1ccccc1Br)C(C)(C)C. The Hall–Kier alpha value is -1.03. The summed E-state index contributed by atoms with van der Waals surface area (Å²) in [6.45, 7) is 8.73. The van der Waals surface area contributed by atoms with Crippen molar-refractivity contribution in [1.82, 2.24) is 4.90 Å². The Kier molecular flexibility index (Phi) is 4.57. The maximum absolute atomic E-state index is 12.1. The molecule has 1 rings (SSSR count). The number of benzene rings is 1. The minimum atomic E-state index is -0.180. The Morgan fingerprint density at radius 2 is 1.94 bits per heavy atom. The van der Waals surface area contributed by atoms with E-state index in [-0.39, 0.29) is 11.6 Å². The van der Waals surface area contributed by atoms with Crippen molar-refractivity contribution in [3.8, 4) is 0 Å². The number of urea groups is 1. The fraction of sp³-hybridized carbons (Fsp3) is 0.462. The van der Waals surface area contributed by atoms with Gasteiger partial charge in [0, 0.05) is 16.6 Å². The van der Waals surface area contributed by atoms with E-state index in [0.717, 1.165) is 10.2 Å². The molecule has 17 heavy (non-hydrogen) atoms. The highest BCUT2D eigenvalue weighted by atomic mass is 79.9. The van der Waals surface area contributed by atoms with Crippen molar-refractivity contribution in [3.63, 3.8) is 0 Å². The largest absolute Gasteiger partial charge is 0.322 e. The van der Waals surface area contributed by atoms with Crippen LogP contribution in [0.15, 0.2) is 28.7 Å². The highest BCUT2D eigenvalue weighted by Gasteiger charge is 2.24. The molecule has 1 aromatic carbocycles. The molecule has 3 nitrogen and oxygen atoms in total. The highest BCUT2D eigenvalue weighted by Crippen LogP contribution is 2.22. The van der Waals surface area contributed by atoms with Crippen LogP contribution in [0.25, 0.3) is 0 Å². The Balaban J connectivity index is 2.82. The molecule has 0 heterocycles. The van der Waals surface area contributed by atoms with Crippen molar-refractivity contribution in [2.75, 3.05) is 11.9 Å². The maximum atomic E-state index is 12.1. The monoisotopic (exact) mass is 298 g/mol. The first-order valence-corrected chi connectivity index (χ1v) is 6.48. The average molecular weight is 299 g/mol. The first-order chi connectivity index (χ1) is 7.86. The van der Waals surface area contributed by atoms with E-state index in [1.54, 1.807) is 4.90 Å². The summed E-state index contributed by atoms with van der Waals surface area (Å²) in [5.41, 5.74) is 0.611. The van der Waals surface area contributed by atoms with Crippen LogP contribution in [0.1, 0.15) is 27.7 Å². The first-order valence-electron chi connectivity index (χ1n) is 5.69. The zero-order valence-corrected chi connectivity index (χ0v) is 12.3. The molecule has 94 valence electrons. The van der Waals surface area contributed by atoms with Crippen LogP contribution in [0, 0.1) is 0 Å². The predicted octanol–water partition coefficient (Wildman–Crippen LogP) is 4.10. The molecule has 0 fully saturated rings. The van der Waals surface area contributed by atoms with Gasteiger partial charge in [0.15, 0.2) is 0 Å². The fourth-order valence-electron chi connectivity index (χ4n) is 1.67. The summed E-state index contributed by atoms with van der Waals surface area (Å²) in [4.78, 5) is 13.9. The van der Waals surface area contributed by atoms with Gasteiger partial charge in [-0.15, -0.1) is 0 Å². The zero-order chi connectivity index (χ0) is 13.1. The van der Waals surface area contributed by atoms with Gasteiger partial charge in [-0.1, -0.05) is 12.1 Å². The Labute approximate surface area is 111 Å². The molecule has 0 aliphatic heterocycles. The summed E-state index contributed by atoms with van der Waals surface area (Å²) in [6.07, 6.45) is 0. The van der Waals surface area contributed by atoms with Gasteiger partial charge in [0.2, 0.25) is 0 Å². The number of carbonyl (C=O) groups excluding carboxylic acids is 1. The molecule has 4 heteroatoms. The molecule has 0 atom stereocenters. The third-order valence-corrected chi connectivity index (χ3v) is 3.18. The lowest BCUT2D eigenvalue weighted by atomic mass is 10.1. The molecule has 2 amide bonds.